The molecule has 4 aromatic rings. The van der Waals surface area contributed by atoms with Crippen molar-refractivity contribution in [2.45, 2.75) is 0 Å². The summed E-state index contributed by atoms with van der Waals surface area (Å²) in [6.07, 6.45) is 3.60. The van der Waals surface area contributed by atoms with Gasteiger partial charge < -0.3 is 10.1 Å². The summed E-state index contributed by atoms with van der Waals surface area (Å²) < 4.78 is 6.98. The molecule has 0 bridgehead atoms. The van der Waals surface area contributed by atoms with E-state index in [0.717, 1.165) is 11.3 Å². The number of fused-ring (bicyclic) bond motifs is 1. The summed E-state index contributed by atoms with van der Waals surface area (Å²) in [6.45, 7) is 0.221. The predicted molar refractivity (Wildman–Crippen MR) is 122 cm³/mol. The number of nitriles is 1. The molecule has 8 nitrogen and oxygen atoms in total. The van der Waals surface area contributed by atoms with E-state index in [1.807, 2.05) is 53.1 Å². The minimum absolute atomic E-state index is 0.0340. The number of pyridine rings is 1. The highest BCUT2D eigenvalue weighted by molar-refractivity contribution is 5.82. The van der Waals surface area contributed by atoms with Crippen molar-refractivity contribution in [1.29, 1.82) is 5.26 Å². The molecule has 0 spiro atoms. The number of imidazole rings is 1. The molecule has 0 atom stereocenters. The normalized spacial score (nSPS) is 11.2. The maximum absolute atomic E-state index is 11.6. The van der Waals surface area contributed by atoms with Crippen LogP contribution in [0, 0.1) is 21.4 Å². The fourth-order valence-corrected chi connectivity index (χ4v) is 3.39. The summed E-state index contributed by atoms with van der Waals surface area (Å²) in [6, 6.07) is 21.6. The summed E-state index contributed by atoms with van der Waals surface area (Å²) in [5.41, 5.74) is 2.82. The standard InChI is InChI=1S/C24H19N5O3/c1-32-19-11-9-17(10-12-19)14-18(15-25)16-26-24-23(27-22-8-4-5-13-28(22)24)20-6-2-3-7-21(20)29(30)31/h2-14,26H,16H2,1H3/b18-14+. The molecule has 0 saturated heterocycles. The molecule has 2 aromatic heterocycles. The van der Waals surface area contributed by atoms with Gasteiger partial charge in [-0.1, -0.05) is 30.3 Å². The molecule has 0 aliphatic rings. The first-order valence-corrected chi connectivity index (χ1v) is 9.80. The molecule has 0 amide bonds. The van der Waals surface area contributed by atoms with Gasteiger partial charge in [0.05, 0.1) is 30.2 Å². The Morgan fingerprint density at radius 1 is 1.19 bits per heavy atom. The van der Waals surface area contributed by atoms with E-state index in [1.165, 1.54) is 6.07 Å². The number of rotatable bonds is 7. The number of aromatic nitrogens is 2. The van der Waals surface area contributed by atoms with Crippen LogP contribution in [0.3, 0.4) is 0 Å². The summed E-state index contributed by atoms with van der Waals surface area (Å²) in [5, 5.41) is 24.5. The number of anilines is 1. The van der Waals surface area contributed by atoms with E-state index < -0.39 is 4.92 Å². The lowest BCUT2D eigenvalue weighted by molar-refractivity contribution is -0.384. The summed E-state index contributed by atoms with van der Waals surface area (Å²) in [4.78, 5) is 15.8. The monoisotopic (exact) mass is 425 g/mol. The number of benzene rings is 2. The third kappa shape index (κ3) is 4.13. The lowest BCUT2D eigenvalue weighted by Crippen LogP contribution is -2.07. The number of ether oxygens (including phenoxy) is 1. The van der Waals surface area contributed by atoms with Crippen molar-refractivity contribution in [3.05, 3.63) is 94.2 Å². The number of nitrogens with one attached hydrogen (secondary N) is 1. The molecule has 0 aliphatic carbocycles. The third-order valence-electron chi connectivity index (χ3n) is 4.93. The van der Waals surface area contributed by atoms with Crippen LogP contribution in [0.1, 0.15) is 5.56 Å². The molecule has 32 heavy (non-hydrogen) atoms. The maximum Gasteiger partial charge on any atom is 0.278 e. The number of nitrogens with zero attached hydrogens (tertiary/aromatic N) is 4. The third-order valence-corrected chi connectivity index (χ3v) is 4.93. The molecule has 0 aliphatic heterocycles. The minimum Gasteiger partial charge on any atom is -0.497 e. The van der Waals surface area contributed by atoms with Gasteiger partial charge in [0, 0.05) is 17.8 Å². The van der Waals surface area contributed by atoms with Crippen LogP contribution < -0.4 is 10.1 Å². The van der Waals surface area contributed by atoms with Gasteiger partial charge in [0.15, 0.2) is 0 Å². The van der Waals surface area contributed by atoms with E-state index in [0.29, 0.717) is 28.3 Å². The summed E-state index contributed by atoms with van der Waals surface area (Å²) in [5.74, 6) is 1.31. The topological polar surface area (TPSA) is 105 Å². The van der Waals surface area contributed by atoms with Crippen LogP contribution in [-0.2, 0) is 0 Å². The van der Waals surface area contributed by atoms with Crippen molar-refractivity contribution in [2.24, 2.45) is 0 Å². The van der Waals surface area contributed by atoms with E-state index in [-0.39, 0.29) is 12.2 Å². The molecule has 0 radical (unpaired) electrons. The van der Waals surface area contributed by atoms with Gasteiger partial charge in [-0.15, -0.1) is 0 Å². The van der Waals surface area contributed by atoms with Crippen molar-refractivity contribution in [1.82, 2.24) is 9.38 Å². The molecular formula is C24H19N5O3. The summed E-state index contributed by atoms with van der Waals surface area (Å²) >= 11 is 0. The Hall–Kier alpha value is -4.64. The second kappa shape index (κ2) is 9.02. The first kappa shape index (κ1) is 20.6. The number of nitro groups is 1. The second-order valence-electron chi connectivity index (χ2n) is 6.92. The van der Waals surface area contributed by atoms with Crippen molar-refractivity contribution in [3.63, 3.8) is 0 Å². The van der Waals surface area contributed by atoms with Gasteiger partial charge >= 0.3 is 0 Å². The SMILES string of the molecule is COc1ccc(/C=C(\C#N)CNc2c(-c3ccccc3[N+](=O)[O-])nc3ccccn23)cc1. The predicted octanol–water partition coefficient (Wildman–Crippen LogP) is 4.94. The van der Waals surface area contributed by atoms with Crippen LogP contribution >= 0.6 is 0 Å². The number of hydrogen-bond acceptors (Lipinski definition) is 6. The Bertz CT molecular complexity index is 1350. The molecule has 0 fully saturated rings. The Morgan fingerprint density at radius 2 is 1.94 bits per heavy atom. The zero-order valence-electron chi connectivity index (χ0n) is 17.2. The zero-order valence-corrected chi connectivity index (χ0v) is 17.2. The summed E-state index contributed by atoms with van der Waals surface area (Å²) in [7, 11) is 1.60. The molecule has 2 heterocycles. The Balaban J connectivity index is 1.71. The molecule has 2 aromatic carbocycles. The lowest BCUT2D eigenvalue weighted by atomic mass is 10.1. The fraction of sp³-hybridized carbons (Fsp3) is 0.0833. The molecule has 0 unspecified atom stereocenters. The highest BCUT2D eigenvalue weighted by Gasteiger charge is 2.21. The van der Waals surface area contributed by atoms with Crippen LogP contribution in [0.15, 0.2) is 78.5 Å². The van der Waals surface area contributed by atoms with Crippen LogP contribution in [-0.4, -0.2) is 28.0 Å². The van der Waals surface area contributed by atoms with E-state index in [9.17, 15) is 15.4 Å². The van der Waals surface area contributed by atoms with Crippen molar-refractivity contribution in [3.8, 4) is 23.1 Å². The molecule has 158 valence electrons. The smallest absolute Gasteiger partial charge is 0.278 e. The van der Waals surface area contributed by atoms with E-state index >= 15 is 0 Å². The number of nitro benzene ring substituents is 1. The van der Waals surface area contributed by atoms with Crippen LogP contribution in [0.25, 0.3) is 23.0 Å². The van der Waals surface area contributed by atoms with Crippen molar-refractivity contribution >= 4 is 23.2 Å². The van der Waals surface area contributed by atoms with Gasteiger partial charge in [0.25, 0.3) is 5.69 Å². The average molecular weight is 425 g/mol. The Labute approximate surface area is 184 Å². The first-order valence-electron chi connectivity index (χ1n) is 9.80. The highest BCUT2D eigenvalue weighted by atomic mass is 16.6. The Morgan fingerprint density at radius 3 is 2.66 bits per heavy atom. The van der Waals surface area contributed by atoms with Gasteiger partial charge in [-0.05, 0) is 42.0 Å². The average Bonchev–Trinajstić information content (AvgIpc) is 3.20. The zero-order chi connectivity index (χ0) is 22.5. The van der Waals surface area contributed by atoms with Gasteiger partial charge in [-0.2, -0.15) is 5.26 Å². The Kier molecular flexibility index (Phi) is 5.81. The van der Waals surface area contributed by atoms with Crippen LogP contribution in [0.2, 0.25) is 0 Å². The van der Waals surface area contributed by atoms with Gasteiger partial charge in [0.2, 0.25) is 0 Å². The van der Waals surface area contributed by atoms with Gasteiger partial charge in [0.1, 0.15) is 22.9 Å². The van der Waals surface area contributed by atoms with E-state index in [4.69, 9.17) is 4.74 Å². The second-order valence-corrected chi connectivity index (χ2v) is 6.92. The largest absolute Gasteiger partial charge is 0.497 e. The van der Waals surface area contributed by atoms with Crippen LogP contribution in [0.4, 0.5) is 11.5 Å². The van der Waals surface area contributed by atoms with Gasteiger partial charge in [-0.25, -0.2) is 4.98 Å². The number of hydrogen-bond donors (Lipinski definition) is 1. The fourth-order valence-electron chi connectivity index (χ4n) is 3.39. The van der Waals surface area contributed by atoms with E-state index in [1.54, 1.807) is 31.4 Å². The highest BCUT2D eigenvalue weighted by Crippen LogP contribution is 2.35. The van der Waals surface area contributed by atoms with Gasteiger partial charge in [-0.3, -0.25) is 14.5 Å². The molecule has 1 N–H and O–H groups in total. The van der Waals surface area contributed by atoms with E-state index in [2.05, 4.69) is 16.4 Å². The van der Waals surface area contributed by atoms with Crippen molar-refractivity contribution < 1.29 is 9.66 Å². The maximum atomic E-state index is 11.6. The quantitative estimate of drug-likeness (QED) is 0.255. The van der Waals surface area contributed by atoms with Crippen molar-refractivity contribution in [2.75, 3.05) is 19.0 Å². The van der Waals surface area contributed by atoms with Crippen LogP contribution in [0.5, 0.6) is 5.75 Å². The minimum atomic E-state index is -0.423. The molecule has 8 heteroatoms. The first-order chi connectivity index (χ1) is 15.6. The number of methoxy groups -OCH3 is 1. The molecular weight excluding hydrogens is 406 g/mol. The lowest BCUT2D eigenvalue weighted by Gasteiger charge is -2.09. The molecule has 0 saturated carbocycles. The number of para-hydroxylation sites is 1. The molecule has 4 rings (SSSR count).